The fourth-order valence-electron chi connectivity index (χ4n) is 4.26. The molecule has 2 aromatic carbocycles. The Kier molecular flexibility index (Phi) is 5.99. The third kappa shape index (κ3) is 4.11. The van der Waals surface area contributed by atoms with Gasteiger partial charge < -0.3 is 10.6 Å². The highest BCUT2D eigenvalue weighted by atomic mass is 35.5. The first-order chi connectivity index (χ1) is 15.7. The number of amides is 1. The number of nitrogens with one attached hydrogen (secondary N) is 2. The third-order valence-corrected chi connectivity index (χ3v) is 6.04. The van der Waals surface area contributed by atoms with Crippen LogP contribution >= 0.6 is 11.6 Å². The van der Waals surface area contributed by atoms with Crippen LogP contribution in [0.15, 0.2) is 58.9 Å². The third-order valence-electron chi connectivity index (χ3n) is 5.72. The van der Waals surface area contributed by atoms with Crippen LogP contribution in [0.2, 0.25) is 5.02 Å². The smallest absolute Gasteiger partial charge is 0.288 e. The van der Waals surface area contributed by atoms with Gasteiger partial charge in [-0.15, -0.1) is 0 Å². The zero-order valence-corrected chi connectivity index (χ0v) is 18.1. The maximum atomic E-state index is 14.2. The van der Waals surface area contributed by atoms with Gasteiger partial charge in [0.1, 0.15) is 22.3 Å². The Balaban J connectivity index is 1.86. The number of carbonyl (C=O) groups is 2. The number of nitro groups is 1. The molecule has 0 fully saturated rings. The van der Waals surface area contributed by atoms with Gasteiger partial charge in [-0.1, -0.05) is 23.7 Å². The van der Waals surface area contributed by atoms with Gasteiger partial charge in [-0.2, -0.15) is 0 Å². The van der Waals surface area contributed by atoms with Gasteiger partial charge in [0.2, 0.25) is 0 Å². The number of ketones is 1. The van der Waals surface area contributed by atoms with E-state index in [1.54, 1.807) is 6.92 Å². The summed E-state index contributed by atoms with van der Waals surface area (Å²) in [6.07, 6.45) is 1.43. The second kappa shape index (κ2) is 8.74. The van der Waals surface area contributed by atoms with Crippen molar-refractivity contribution in [2.75, 3.05) is 5.32 Å². The fraction of sp³-hybridized carbons (Fsp3) is 0.217. The lowest BCUT2D eigenvalue weighted by atomic mass is 9.75. The molecule has 0 bridgehead atoms. The molecule has 170 valence electrons. The molecule has 33 heavy (non-hydrogen) atoms. The average Bonchev–Trinajstić information content (AvgIpc) is 2.75. The van der Waals surface area contributed by atoms with Gasteiger partial charge in [0.15, 0.2) is 5.78 Å². The molecule has 0 saturated heterocycles. The molecule has 4 rings (SSSR count). The molecule has 2 aliphatic rings. The highest BCUT2D eigenvalue weighted by Gasteiger charge is 2.39. The number of hydrogen-bond donors (Lipinski definition) is 2. The van der Waals surface area contributed by atoms with Gasteiger partial charge in [0.05, 0.1) is 4.92 Å². The van der Waals surface area contributed by atoms with Crippen LogP contribution in [0.1, 0.15) is 37.7 Å². The van der Waals surface area contributed by atoms with E-state index in [1.807, 2.05) is 0 Å². The first kappa shape index (κ1) is 22.6. The Bertz CT molecular complexity index is 1250. The molecule has 1 aliphatic heterocycles. The van der Waals surface area contributed by atoms with Gasteiger partial charge in [0.25, 0.3) is 11.6 Å². The number of dihydropyridines is 1. The number of anilines is 1. The zero-order chi connectivity index (χ0) is 23.9. The minimum atomic E-state index is -0.972. The molecule has 1 aliphatic carbocycles. The second-order valence-corrected chi connectivity index (χ2v) is 8.19. The van der Waals surface area contributed by atoms with Crippen LogP contribution in [0.25, 0.3) is 0 Å². The lowest BCUT2D eigenvalue weighted by Crippen LogP contribution is -2.35. The molecule has 0 radical (unpaired) electrons. The molecule has 0 saturated carbocycles. The summed E-state index contributed by atoms with van der Waals surface area (Å²) >= 11 is 5.96. The van der Waals surface area contributed by atoms with Gasteiger partial charge in [0, 0.05) is 40.9 Å². The first-order valence-electron chi connectivity index (χ1n) is 10.1. The predicted molar refractivity (Wildman–Crippen MR) is 118 cm³/mol. The van der Waals surface area contributed by atoms with E-state index < -0.39 is 34.1 Å². The Morgan fingerprint density at radius 3 is 2.58 bits per heavy atom. The number of benzene rings is 2. The summed E-state index contributed by atoms with van der Waals surface area (Å²) in [5, 5.41) is 16.7. The minimum absolute atomic E-state index is 0.0308. The van der Waals surface area contributed by atoms with Gasteiger partial charge >= 0.3 is 0 Å². The van der Waals surface area contributed by atoms with Crippen LogP contribution < -0.4 is 10.6 Å². The molecule has 2 N–H and O–H groups in total. The predicted octanol–water partition coefficient (Wildman–Crippen LogP) is 5.13. The Morgan fingerprint density at radius 1 is 1.21 bits per heavy atom. The Hall–Kier alpha value is -3.59. The largest absolute Gasteiger partial charge is 0.362 e. The fourth-order valence-corrected chi connectivity index (χ4v) is 4.45. The van der Waals surface area contributed by atoms with Crippen molar-refractivity contribution in [3.8, 4) is 0 Å². The zero-order valence-electron chi connectivity index (χ0n) is 17.4. The van der Waals surface area contributed by atoms with E-state index in [4.69, 9.17) is 11.6 Å². The highest BCUT2D eigenvalue weighted by Crippen LogP contribution is 2.44. The summed E-state index contributed by atoms with van der Waals surface area (Å²) in [7, 11) is 0. The topological polar surface area (TPSA) is 101 Å². The molecule has 7 nitrogen and oxygen atoms in total. The number of carbonyl (C=O) groups excluding carboxylic acids is 2. The second-order valence-electron chi connectivity index (χ2n) is 7.78. The maximum Gasteiger partial charge on any atom is 0.288 e. The molecule has 0 aromatic heterocycles. The van der Waals surface area contributed by atoms with Crippen LogP contribution in [-0.4, -0.2) is 16.6 Å². The van der Waals surface area contributed by atoms with Crippen molar-refractivity contribution in [2.45, 2.75) is 32.1 Å². The van der Waals surface area contributed by atoms with E-state index in [0.717, 1.165) is 12.1 Å². The number of para-hydroxylation sites is 1. The number of allylic oxidation sites excluding steroid dienone is 3. The molecule has 0 spiro atoms. The molecule has 1 heterocycles. The number of Topliss-reactive ketones (excluding diaryl/α,β-unsaturated/α-hetero) is 1. The van der Waals surface area contributed by atoms with E-state index in [2.05, 4.69) is 10.6 Å². The maximum absolute atomic E-state index is 14.2. The highest BCUT2D eigenvalue weighted by molar-refractivity contribution is 6.32. The van der Waals surface area contributed by atoms with Gasteiger partial charge in [-0.25, -0.2) is 8.78 Å². The summed E-state index contributed by atoms with van der Waals surface area (Å²) < 4.78 is 28.3. The van der Waals surface area contributed by atoms with Crippen molar-refractivity contribution in [1.29, 1.82) is 0 Å². The van der Waals surface area contributed by atoms with E-state index in [0.29, 0.717) is 35.4 Å². The summed E-state index contributed by atoms with van der Waals surface area (Å²) in [6.45, 7) is 1.60. The number of halogens is 3. The quantitative estimate of drug-likeness (QED) is 0.473. The van der Waals surface area contributed by atoms with Crippen molar-refractivity contribution in [3.63, 3.8) is 0 Å². The normalized spacial score (nSPS) is 18.1. The number of nitrogens with zero attached hydrogens (tertiary/aromatic N) is 1. The molecule has 10 heteroatoms. The van der Waals surface area contributed by atoms with Crippen molar-refractivity contribution in [1.82, 2.24) is 5.32 Å². The number of nitro benzene ring substituents is 1. The molecular formula is C23H18ClF2N3O4. The van der Waals surface area contributed by atoms with Crippen molar-refractivity contribution < 1.29 is 23.3 Å². The van der Waals surface area contributed by atoms with E-state index in [9.17, 15) is 28.5 Å². The van der Waals surface area contributed by atoms with Gasteiger partial charge in [-0.05, 0) is 43.5 Å². The average molecular weight is 474 g/mol. The summed E-state index contributed by atoms with van der Waals surface area (Å²) in [4.78, 5) is 37.0. The first-order valence-corrected chi connectivity index (χ1v) is 10.5. The van der Waals surface area contributed by atoms with Crippen LogP contribution in [0.3, 0.4) is 0 Å². The Labute approximate surface area is 192 Å². The number of rotatable bonds is 4. The summed E-state index contributed by atoms with van der Waals surface area (Å²) in [6, 6.07) is 7.22. The van der Waals surface area contributed by atoms with Crippen LogP contribution in [-0.2, 0) is 9.59 Å². The molecule has 1 unspecified atom stereocenters. The monoisotopic (exact) mass is 473 g/mol. The standard InChI is InChI=1S/C23H18ClF2N3O4/c1-11-19(23(31)28-22-14(25)4-2-5-15(22)26)20(21-16(27-11)6-3-7-18(21)30)12-8-9-13(24)17(10-12)29(32)33/h2,4-5,8-10,20,27H,3,6-7H2,1H3,(H,28,31). The lowest BCUT2D eigenvalue weighted by molar-refractivity contribution is -0.384. The van der Waals surface area contributed by atoms with Crippen molar-refractivity contribution in [3.05, 3.63) is 91.3 Å². The van der Waals surface area contributed by atoms with Crippen LogP contribution in [0.5, 0.6) is 0 Å². The van der Waals surface area contributed by atoms with E-state index >= 15 is 0 Å². The van der Waals surface area contributed by atoms with Crippen LogP contribution in [0, 0.1) is 21.7 Å². The lowest BCUT2D eigenvalue weighted by Gasteiger charge is -2.34. The SMILES string of the molecule is CC1=C(C(=O)Nc2c(F)cccc2F)C(c2ccc(Cl)c([N+](=O)[O-])c2)C2=C(CCCC2=O)N1. The van der Waals surface area contributed by atoms with E-state index in [1.165, 1.54) is 24.3 Å². The minimum Gasteiger partial charge on any atom is -0.362 e. The summed E-state index contributed by atoms with van der Waals surface area (Å²) in [5.41, 5.74) is 0.633. The Morgan fingerprint density at radius 2 is 1.91 bits per heavy atom. The molecular weight excluding hydrogens is 456 g/mol. The van der Waals surface area contributed by atoms with Crippen molar-refractivity contribution in [2.24, 2.45) is 0 Å². The molecule has 1 atom stereocenters. The van der Waals surface area contributed by atoms with E-state index in [-0.39, 0.29) is 28.5 Å². The number of hydrogen-bond acceptors (Lipinski definition) is 5. The molecule has 1 amide bonds. The molecule has 2 aromatic rings. The summed E-state index contributed by atoms with van der Waals surface area (Å²) in [5.74, 6) is -3.94. The van der Waals surface area contributed by atoms with Crippen molar-refractivity contribution >= 4 is 34.7 Å². The van der Waals surface area contributed by atoms with Gasteiger partial charge in [-0.3, -0.25) is 19.7 Å². The van der Waals surface area contributed by atoms with Crippen LogP contribution in [0.4, 0.5) is 20.2 Å².